The first kappa shape index (κ1) is 7.55. The molecule has 4 heteroatoms. The lowest BCUT2D eigenvalue weighted by Crippen LogP contribution is -1.73. The Labute approximate surface area is 82.5 Å². The van der Waals surface area contributed by atoms with Gasteiger partial charge in [-0.1, -0.05) is 6.07 Å². The first-order valence-electron chi connectivity index (χ1n) is 3.35. The van der Waals surface area contributed by atoms with Gasteiger partial charge in [0.15, 0.2) is 5.69 Å². The van der Waals surface area contributed by atoms with Crippen molar-refractivity contribution in [3.8, 4) is 6.07 Å². The molecule has 0 saturated heterocycles. The summed E-state index contributed by atoms with van der Waals surface area (Å²) in [4.78, 5) is 0. The van der Waals surface area contributed by atoms with Crippen LogP contribution in [0.2, 0.25) is 0 Å². The number of para-hydroxylation sites is 1. The van der Waals surface area contributed by atoms with Gasteiger partial charge < -0.3 is 0 Å². The number of benzene rings is 1. The van der Waals surface area contributed by atoms with Gasteiger partial charge in [-0.15, -0.1) is 0 Å². The van der Waals surface area contributed by atoms with Crippen LogP contribution in [0.15, 0.2) is 18.2 Å². The van der Waals surface area contributed by atoms with Gasteiger partial charge in [-0.05, 0) is 34.7 Å². The third kappa shape index (κ3) is 0.975. The second-order valence-corrected chi connectivity index (χ2v) is 3.51. The van der Waals surface area contributed by atoms with Crippen molar-refractivity contribution in [2.24, 2.45) is 0 Å². The number of nitriles is 1. The minimum absolute atomic E-state index is 0.462. The van der Waals surface area contributed by atoms with E-state index < -0.39 is 0 Å². The van der Waals surface area contributed by atoms with Gasteiger partial charge in [0.25, 0.3) is 0 Å². The predicted molar refractivity (Wildman–Crippen MR) is 53.5 cm³/mol. The quantitative estimate of drug-likeness (QED) is 0.744. The SMILES string of the molecule is N#Cc1n[nH]c2c(I)cccc12. The molecule has 12 heavy (non-hydrogen) atoms. The number of nitrogens with one attached hydrogen (secondary N) is 1. The Balaban J connectivity index is 2.91. The molecule has 0 atom stereocenters. The summed E-state index contributed by atoms with van der Waals surface area (Å²) in [5.41, 5.74) is 1.40. The molecule has 0 unspecified atom stereocenters. The maximum absolute atomic E-state index is 8.68. The zero-order valence-electron chi connectivity index (χ0n) is 6.00. The van der Waals surface area contributed by atoms with Gasteiger partial charge in [-0.3, -0.25) is 5.10 Å². The maximum atomic E-state index is 8.68. The number of nitrogens with zero attached hydrogens (tertiary/aromatic N) is 2. The molecule has 0 saturated carbocycles. The van der Waals surface area contributed by atoms with E-state index in [0.29, 0.717) is 5.69 Å². The minimum atomic E-state index is 0.462. The van der Waals surface area contributed by atoms with Crippen molar-refractivity contribution >= 4 is 33.5 Å². The third-order valence-electron chi connectivity index (χ3n) is 1.65. The van der Waals surface area contributed by atoms with E-state index in [-0.39, 0.29) is 0 Å². The molecular weight excluding hydrogens is 265 g/mol. The lowest BCUT2D eigenvalue weighted by Gasteiger charge is -1.90. The Kier molecular flexibility index (Phi) is 1.73. The highest BCUT2D eigenvalue weighted by molar-refractivity contribution is 14.1. The van der Waals surface area contributed by atoms with Crippen molar-refractivity contribution in [3.05, 3.63) is 27.5 Å². The number of hydrogen-bond donors (Lipinski definition) is 1. The second-order valence-electron chi connectivity index (χ2n) is 2.35. The van der Waals surface area contributed by atoms with Crippen LogP contribution in [-0.4, -0.2) is 10.2 Å². The van der Waals surface area contributed by atoms with Crippen molar-refractivity contribution in [2.45, 2.75) is 0 Å². The summed E-state index contributed by atoms with van der Waals surface area (Å²) in [6, 6.07) is 7.81. The average molecular weight is 269 g/mol. The van der Waals surface area contributed by atoms with Crippen LogP contribution in [0.25, 0.3) is 10.9 Å². The van der Waals surface area contributed by atoms with E-state index in [4.69, 9.17) is 5.26 Å². The van der Waals surface area contributed by atoms with Gasteiger partial charge >= 0.3 is 0 Å². The van der Waals surface area contributed by atoms with Crippen LogP contribution >= 0.6 is 22.6 Å². The number of hydrogen-bond acceptors (Lipinski definition) is 2. The normalized spacial score (nSPS) is 10.0. The molecule has 0 radical (unpaired) electrons. The number of fused-ring (bicyclic) bond motifs is 1. The highest BCUT2D eigenvalue weighted by atomic mass is 127. The van der Waals surface area contributed by atoms with E-state index in [2.05, 4.69) is 32.8 Å². The summed E-state index contributed by atoms with van der Waals surface area (Å²) < 4.78 is 1.08. The Morgan fingerprint density at radius 2 is 2.33 bits per heavy atom. The monoisotopic (exact) mass is 269 g/mol. The number of halogens is 1. The van der Waals surface area contributed by atoms with E-state index in [9.17, 15) is 0 Å². The van der Waals surface area contributed by atoms with E-state index >= 15 is 0 Å². The van der Waals surface area contributed by atoms with Crippen molar-refractivity contribution < 1.29 is 0 Å². The Morgan fingerprint density at radius 3 is 3.08 bits per heavy atom. The fourth-order valence-electron chi connectivity index (χ4n) is 1.09. The molecule has 1 heterocycles. The minimum Gasteiger partial charge on any atom is -0.275 e. The Hall–Kier alpha value is -1.09. The second kappa shape index (κ2) is 2.75. The molecule has 0 aliphatic carbocycles. The average Bonchev–Trinajstić information content (AvgIpc) is 2.49. The van der Waals surface area contributed by atoms with Crippen LogP contribution < -0.4 is 0 Å². The lowest BCUT2D eigenvalue weighted by atomic mass is 10.2. The summed E-state index contributed by atoms with van der Waals surface area (Å²) in [5.74, 6) is 0. The van der Waals surface area contributed by atoms with Crippen LogP contribution in [0.3, 0.4) is 0 Å². The number of aromatic nitrogens is 2. The summed E-state index contributed by atoms with van der Waals surface area (Å²) >= 11 is 2.21. The van der Waals surface area contributed by atoms with Crippen LogP contribution in [-0.2, 0) is 0 Å². The highest BCUT2D eigenvalue weighted by Gasteiger charge is 2.05. The van der Waals surface area contributed by atoms with Crippen molar-refractivity contribution in [2.75, 3.05) is 0 Å². The molecule has 0 fully saturated rings. The largest absolute Gasteiger partial charge is 0.275 e. The van der Waals surface area contributed by atoms with Crippen LogP contribution in [0, 0.1) is 14.9 Å². The van der Waals surface area contributed by atoms with Gasteiger partial charge in [0.05, 0.1) is 5.52 Å². The summed E-state index contributed by atoms with van der Waals surface area (Å²) in [7, 11) is 0. The van der Waals surface area contributed by atoms with E-state index in [1.165, 1.54) is 0 Å². The van der Waals surface area contributed by atoms with Gasteiger partial charge in [0, 0.05) is 8.96 Å². The molecule has 1 N–H and O–H groups in total. The third-order valence-corrected chi connectivity index (χ3v) is 2.55. The van der Waals surface area contributed by atoms with Crippen molar-refractivity contribution in [1.29, 1.82) is 5.26 Å². The molecule has 0 aliphatic rings. The molecule has 0 aliphatic heterocycles. The van der Waals surface area contributed by atoms with Gasteiger partial charge in [0.1, 0.15) is 6.07 Å². The maximum Gasteiger partial charge on any atom is 0.170 e. The first-order chi connectivity index (χ1) is 5.83. The number of H-pyrrole nitrogens is 1. The molecule has 1 aromatic heterocycles. The van der Waals surface area contributed by atoms with Crippen molar-refractivity contribution in [3.63, 3.8) is 0 Å². The van der Waals surface area contributed by atoms with Crippen LogP contribution in [0.4, 0.5) is 0 Å². The summed E-state index contributed by atoms with van der Waals surface area (Å²) in [6.45, 7) is 0. The van der Waals surface area contributed by atoms with E-state index in [1.54, 1.807) is 0 Å². The molecule has 2 aromatic rings. The molecule has 2 rings (SSSR count). The molecule has 0 amide bonds. The Morgan fingerprint density at radius 1 is 1.50 bits per heavy atom. The van der Waals surface area contributed by atoms with Gasteiger partial charge in [-0.25, -0.2) is 0 Å². The molecule has 58 valence electrons. The van der Waals surface area contributed by atoms with Crippen LogP contribution in [0.5, 0.6) is 0 Å². The lowest BCUT2D eigenvalue weighted by molar-refractivity contribution is 1.09. The first-order valence-corrected chi connectivity index (χ1v) is 4.43. The predicted octanol–water partition coefficient (Wildman–Crippen LogP) is 2.04. The zero-order chi connectivity index (χ0) is 8.55. The van der Waals surface area contributed by atoms with Crippen LogP contribution in [0.1, 0.15) is 5.69 Å². The van der Waals surface area contributed by atoms with Gasteiger partial charge in [-0.2, -0.15) is 10.4 Å². The van der Waals surface area contributed by atoms with E-state index in [0.717, 1.165) is 14.5 Å². The molecule has 1 aromatic carbocycles. The topological polar surface area (TPSA) is 52.5 Å². The highest BCUT2D eigenvalue weighted by Crippen LogP contribution is 2.20. The Bertz CT molecular complexity index is 467. The molecular formula is C8H4IN3. The smallest absolute Gasteiger partial charge is 0.170 e. The standard InChI is InChI=1S/C8H4IN3/c9-6-3-1-2-5-7(4-10)11-12-8(5)6/h1-3H,(H,11,12). The fraction of sp³-hybridized carbons (Fsp3) is 0. The summed E-state index contributed by atoms with van der Waals surface area (Å²) in [5, 5.41) is 16.3. The summed E-state index contributed by atoms with van der Waals surface area (Å²) in [6.07, 6.45) is 0. The van der Waals surface area contributed by atoms with Crippen molar-refractivity contribution in [1.82, 2.24) is 10.2 Å². The number of aromatic amines is 1. The fourth-order valence-corrected chi connectivity index (χ4v) is 1.71. The number of rotatable bonds is 0. The molecule has 0 spiro atoms. The molecule has 0 bridgehead atoms. The zero-order valence-corrected chi connectivity index (χ0v) is 8.16. The molecule has 3 nitrogen and oxygen atoms in total. The van der Waals surface area contributed by atoms with E-state index in [1.807, 2.05) is 24.3 Å². The van der Waals surface area contributed by atoms with Gasteiger partial charge in [0.2, 0.25) is 0 Å².